The smallest absolute Gasteiger partial charge is 0.410 e. The van der Waals surface area contributed by atoms with Gasteiger partial charge in [0.25, 0.3) is 0 Å². The van der Waals surface area contributed by atoms with Crippen LogP contribution in [0.25, 0.3) is 0 Å². The Balaban J connectivity index is 1.93. The number of rotatable bonds is 1. The maximum atomic E-state index is 12.0. The highest BCUT2D eigenvalue weighted by Crippen LogP contribution is 2.32. The summed E-state index contributed by atoms with van der Waals surface area (Å²) in [6.45, 7) is 9.14. The predicted molar refractivity (Wildman–Crippen MR) is 77.8 cm³/mol. The summed E-state index contributed by atoms with van der Waals surface area (Å²) in [5.41, 5.74) is -0.764. The van der Waals surface area contributed by atoms with E-state index in [9.17, 15) is 14.7 Å². The molecule has 2 rings (SSSR count). The normalized spacial score (nSPS) is 26.1. The minimum absolute atomic E-state index is 0.00992. The Morgan fingerprint density at radius 1 is 1.33 bits per heavy atom. The van der Waals surface area contributed by atoms with Crippen molar-refractivity contribution < 1.29 is 19.4 Å². The zero-order valence-corrected chi connectivity index (χ0v) is 13.4. The van der Waals surface area contributed by atoms with Crippen molar-refractivity contribution in [2.45, 2.75) is 64.2 Å². The summed E-state index contributed by atoms with van der Waals surface area (Å²) >= 11 is 0. The first-order valence-electron chi connectivity index (χ1n) is 7.57. The van der Waals surface area contributed by atoms with Gasteiger partial charge in [0.2, 0.25) is 5.91 Å². The van der Waals surface area contributed by atoms with Gasteiger partial charge in [-0.3, -0.25) is 4.79 Å². The lowest BCUT2D eigenvalue weighted by atomic mass is 9.88. The van der Waals surface area contributed by atoms with Crippen molar-refractivity contribution in [3.8, 4) is 0 Å². The first-order valence-corrected chi connectivity index (χ1v) is 7.57. The van der Waals surface area contributed by atoms with Crippen LogP contribution in [-0.4, -0.2) is 63.8 Å². The minimum Gasteiger partial charge on any atom is -0.444 e. The number of carbonyl (C=O) groups is 2. The van der Waals surface area contributed by atoms with Gasteiger partial charge < -0.3 is 19.6 Å². The fourth-order valence-electron chi connectivity index (χ4n) is 2.98. The van der Waals surface area contributed by atoms with E-state index in [0.717, 1.165) is 0 Å². The highest BCUT2D eigenvalue weighted by Gasteiger charge is 2.43. The summed E-state index contributed by atoms with van der Waals surface area (Å²) in [6, 6.07) is 0. The summed E-state index contributed by atoms with van der Waals surface area (Å²) in [5.74, 6) is 0.00992. The van der Waals surface area contributed by atoms with Crippen LogP contribution in [0.1, 0.15) is 47.0 Å². The van der Waals surface area contributed by atoms with Gasteiger partial charge in [-0.1, -0.05) is 0 Å². The quantitative estimate of drug-likeness (QED) is 0.794. The number of likely N-dealkylation sites (tertiary alicyclic amines) is 2. The van der Waals surface area contributed by atoms with Crippen LogP contribution in [-0.2, 0) is 9.53 Å². The zero-order valence-electron chi connectivity index (χ0n) is 13.4. The van der Waals surface area contributed by atoms with Crippen molar-refractivity contribution >= 4 is 12.0 Å². The SMILES string of the molecule is CC(C)(C)OC(=O)N1CCC(C)(N2CC(O)CC2=O)CC1. The second kappa shape index (κ2) is 5.48. The van der Waals surface area contributed by atoms with Gasteiger partial charge in [0.15, 0.2) is 0 Å². The summed E-state index contributed by atoms with van der Waals surface area (Å²) in [7, 11) is 0. The summed E-state index contributed by atoms with van der Waals surface area (Å²) in [6.07, 6.45) is 0.788. The van der Waals surface area contributed by atoms with Gasteiger partial charge in [-0.2, -0.15) is 0 Å². The van der Waals surface area contributed by atoms with Gasteiger partial charge in [-0.15, -0.1) is 0 Å². The number of amides is 2. The van der Waals surface area contributed by atoms with Crippen molar-refractivity contribution in [1.82, 2.24) is 9.80 Å². The first kappa shape index (κ1) is 16.1. The molecule has 0 aliphatic carbocycles. The van der Waals surface area contributed by atoms with Crippen molar-refractivity contribution in [2.75, 3.05) is 19.6 Å². The molecular weight excluding hydrogens is 272 g/mol. The van der Waals surface area contributed by atoms with Crippen molar-refractivity contribution in [3.63, 3.8) is 0 Å². The number of β-amino-alcohol motifs (C(OH)–C–C–N with tert-alkyl or cyclic N) is 1. The van der Waals surface area contributed by atoms with E-state index in [4.69, 9.17) is 4.74 Å². The van der Waals surface area contributed by atoms with E-state index in [-0.39, 0.29) is 24.0 Å². The molecule has 2 amide bonds. The molecule has 2 saturated heterocycles. The monoisotopic (exact) mass is 298 g/mol. The lowest BCUT2D eigenvalue weighted by Crippen LogP contribution is -2.55. The van der Waals surface area contributed by atoms with Crippen LogP contribution in [0.5, 0.6) is 0 Å². The molecule has 0 aromatic rings. The number of nitrogens with zero attached hydrogens (tertiary/aromatic N) is 2. The maximum Gasteiger partial charge on any atom is 0.410 e. The van der Waals surface area contributed by atoms with Crippen LogP contribution in [0.4, 0.5) is 4.79 Å². The molecule has 0 bridgehead atoms. The van der Waals surface area contributed by atoms with Gasteiger partial charge >= 0.3 is 6.09 Å². The Morgan fingerprint density at radius 3 is 2.33 bits per heavy atom. The molecule has 6 nitrogen and oxygen atoms in total. The van der Waals surface area contributed by atoms with E-state index in [0.29, 0.717) is 32.5 Å². The molecule has 0 aromatic heterocycles. The van der Waals surface area contributed by atoms with Crippen molar-refractivity contribution in [1.29, 1.82) is 0 Å². The topological polar surface area (TPSA) is 70.1 Å². The Hall–Kier alpha value is -1.30. The zero-order chi connectivity index (χ0) is 15.8. The van der Waals surface area contributed by atoms with Crippen LogP contribution in [0, 0.1) is 0 Å². The fourth-order valence-corrected chi connectivity index (χ4v) is 2.98. The largest absolute Gasteiger partial charge is 0.444 e. The van der Waals surface area contributed by atoms with Gasteiger partial charge in [-0.05, 0) is 40.5 Å². The highest BCUT2D eigenvalue weighted by molar-refractivity contribution is 5.80. The van der Waals surface area contributed by atoms with Crippen LogP contribution in [0.15, 0.2) is 0 Å². The van der Waals surface area contributed by atoms with Crippen molar-refractivity contribution in [3.05, 3.63) is 0 Å². The number of aliphatic hydroxyl groups is 1. The summed E-state index contributed by atoms with van der Waals surface area (Å²) in [4.78, 5) is 27.5. The van der Waals surface area contributed by atoms with Gasteiger partial charge in [0.1, 0.15) is 5.60 Å². The third kappa shape index (κ3) is 3.67. The molecular formula is C15H26N2O4. The maximum absolute atomic E-state index is 12.0. The Morgan fingerprint density at radius 2 is 1.90 bits per heavy atom. The molecule has 2 aliphatic heterocycles. The lowest BCUT2D eigenvalue weighted by molar-refractivity contribution is -0.134. The van der Waals surface area contributed by atoms with E-state index < -0.39 is 11.7 Å². The molecule has 0 saturated carbocycles. The lowest BCUT2D eigenvalue weighted by Gasteiger charge is -2.45. The van der Waals surface area contributed by atoms with E-state index >= 15 is 0 Å². The molecule has 0 radical (unpaired) electrons. The molecule has 6 heteroatoms. The van der Waals surface area contributed by atoms with Crippen LogP contribution >= 0.6 is 0 Å². The number of aliphatic hydroxyl groups excluding tert-OH is 1. The molecule has 2 heterocycles. The number of piperidine rings is 1. The third-order valence-corrected chi connectivity index (χ3v) is 4.25. The molecule has 2 fully saturated rings. The second-order valence-electron chi connectivity index (χ2n) is 7.33. The number of carbonyl (C=O) groups excluding carboxylic acids is 2. The van der Waals surface area contributed by atoms with Gasteiger partial charge in [0, 0.05) is 25.2 Å². The molecule has 1 N–H and O–H groups in total. The Labute approximate surface area is 126 Å². The summed E-state index contributed by atoms with van der Waals surface area (Å²) in [5, 5.41) is 9.64. The second-order valence-corrected chi connectivity index (χ2v) is 7.33. The molecule has 21 heavy (non-hydrogen) atoms. The van der Waals surface area contributed by atoms with Crippen LogP contribution in [0.2, 0.25) is 0 Å². The van der Waals surface area contributed by atoms with E-state index in [2.05, 4.69) is 0 Å². The standard InChI is InChI=1S/C15H26N2O4/c1-14(2,3)21-13(20)16-7-5-15(4,6-8-16)17-10-11(18)9-12(17)19/h11,18H,5-10H2,1-4H3. The van der Waals surface area contributed by atoms with Crippen LogP contribution < -0.4 is 0 Å². The first-order chi connectivity index (χ1) is 9.61. The Bertz CT molecular complexity index is 422. The Kier molecular flexibility index (Phi) is 4.19. The average Bonchev–Trinajstić information content (AvgIpc) is 2.68. The number of hydrogen-bond donors (Lipinski definition) is 1. The predicted octanol–water partition coefficient (Wildman–Crippen LogP) is 1.37. The highest BCUT2D eigenvalue weighted by atomic mass is 16.6. The summed E-state index contributed by atoms with van der Waals surface area (Å²) < 4.78 is 5.38. The van der Waals surface area contributed by atoms with Crippen molar-refractivity contribution in [2.24, 2.45) is 0 Å². The number of ether oxygens (including phenoxy) is 1. The molecule has 2 aliphatic rings. The molecule has 0 aromatic carbocycles. The number of hydrogen-bond acceptors (Lipinski definition) is 4. The fraction of sp³-hybridized carbons (Fsp3) is 0.867. The van der Waals surface area contributed by atoms with E-state index in [1.54, 1.807) is 9.80 Å². The average molecular weight is 298 g/mol. The molecule has 1 unspecified atom stereocenters. The van der Waals surface area contributed by atoms with Gasteiger partial charge in [-0.25, -0.2) is 4.79 Å². The van der Waals surface area contributed by atoms with Crippen LogP contribution in [0.3, 0.4) is 0 Å². The molecule has 0 spiro atoms. The van der Waals surface area contributed by atoms with Gasteiger partial charge in [0.05, 0.1) is 12.5 Å². The minimum atomic E-state index is -0.557. The molecule has 120 valence electrons. The molecule has 1 atom stereocenters. The van der Waals surface area contributed by atoms with E-state index in [1.165, 1.54) is 0 Å². The van der Waals surface area contributed by atoms with E-state index in [1.807, 2.05) is 27.7 Å². The third-order valence-electron chi connectivity index (χ3n) is 4.25.